The number of hydrogen-bond acceptors (Lipinski definition) is 0. The molecule has 0 unspecified atom stereocenters. The van der Waals surface area contributed by atoms with Gasteiger partial charge in [-0.2, -0.15) is 0 Å². The third kappa shape index (κ3) is 29.6. The number of unbranched alkanes of at least 4 members (excludes halogenated alkanes) is 26. The van der Waals surface area contributed by atoms with E-state index in [1.54, 1.807) is 0 Å². The van der Waals surface area contributed by atoms with Crippen molar-refractivity contribution in [1.29, 1.82) is 0 Å². The van der Waals surface area contributed by atoms with Crippen LogP contribution in [0.15, 0.2) is 0 Å². The van der Waals surface area contributed by atoms with Gasteiger partial charge in [0.1, 0.15) is 0 Å². The van der Waals surface area contributed by atoms with Crippen LogP contribution in [0.1, 0.15) is 194 Å². The summed E-state index contributed by atoms with van der Waals surface area (Å²) in [5.41, 5.74) is 0. The van der Waals surface area contributed by atoms with E-state index < -0.39 is 0 Å². The Morgan fingerprint density at radius 1 is 0.250 bits per heavy atom. The fraction of sp³-hybridized carbons (Fsp3) is 0.938. The Bertz CT molecular complexity index is 337. The molecule has 32 heavy (non-hydrogen) atoms. The van der Waals surface area contributed by atoms with Gasteiger partial charge in [0.25, 0.3) is 0 Å². The first-order valence-electron chi connectivity index (χ1n) is 15.4. The summed E-state index contributed by atoms with van der Waals surface area (Å²) in [5, 5.41) is 0. The zero-order valence-corrected chi connectivity index (χ0v) is 22.8. The summed E-state index contributed by atoms with van der Waals surface area (Å²) in [6.07, 6.45) is 39.6. The van der Waals surface area contributed by atoms with Crippen molar-refractivity contribution in [1.82, 2.24) is 0 Å². The zero-order chi connectivity index (χ0) is 23.2. The standard InChI is InChI=1S/C32H62/c1-3-5-7-9-11-13-15-17-19-21-23-25-27-29-31-32-30-28-26-24-22-20-18-16-14-12-10-8-6-4-2/h3-30H2,1-2H3. The van der Waals surface area contributed by atoms with Gasteiger partial charge in [-0.25, -0.2) is 0 Å². The van der Waals surface area contributed by atoms with Crippen LogP contribution in [0, 0.1) is 11.8 Å². The molecule has 0 aliphatic carbocycles. The fourth-order valence-electron chi connectivity index (χ4n) is 4.64. The van der Waals surface area contributed by atoms with Crippen molar-refractivity contribution in [2.75, 3.05) is 0 Å². The van der Waals surface area contributed by atoms with Gasteiger partial charge in [-0.05, 0) is 12.8 Å². The summed E-state index contributed by atoms with van der Waals surface area (Å²) in [5.74, 6) is 6.84. The molecule has 0 atom stereocenters. The first-order valence-corrected chi connectivity index (χ1v) is 15.4. The lowest BCUT2D eigenvalue weighted by atomic mass is 10.0. The molecule has 0 amide bonds. The molecular formula is C32H62. The summed E-state index contributed by atoms with van der Waals surface area (Å²) in [7, 11) is 0. The Morgan fingerprint density at radius 3 is 0.656 bits per heavy atom. The summed E-state index contributed by atoms with van der Waals surface area (Å²) in [6.45, 7) is 4.60. The van der Waals surface area contributed by atoms with Gasteiger partial charge >= 0.3 is 0 Å². The Kier molecular flexibility index (Phi) is 30.1. The molecule has 0 radical (unpaired) electrons. The maximum atomic E-state index is 3.42. The minimum absolute atomic E-state index is 1.14. The maximum Gasteiger partial charge on any atom is 0.00886 e. The third-order valence-corrected chi connectivity index (χ3v) is 6.94. The second-order valence-corrected chi connectivity index (χ2v) is 10.3. The molecule has 0 fully saturated rings. The van der Waals surface area contributed by atoms with Crippen molar-refractivity contribution in [3.05, 3.63) is 0 Å². The van der Waals surface area contributed by atoms with Crippen LogP contribution in [0.2, 0.25) is 0 Å². The normalized spacial score (nSPS) is 10.9. The molecule has 0 saturated heterocycles. The van der Waals surface area contributed by atoms with E-state index in [-0.39, 0.29) is 0 Å². The van der Waals surface area contributed by atoms with Crippen LogP contribution in [0.5, 0.6) is 0 Å². The molecule has 0 aliphatic rings. The summed E-state index contributed by atoms with van der Waals surface area (Å²) >= 11 is 0. The molecule has 190 valence electrons. The van der Waals surface area contributed by atoms with Gasteiger partial charge < -0.3 is 0 Å². The predicted octanol–water partition coefficient (Wildman–Crippen LogP) is 12.0. The quantitative estimate of drug-likeness (QED) is 0.0915. The minimum atomic E-state index is 1.14. The molecule has 0 aromatic carbocycles. The Balaban J connectivity index is 3.09. The Labute approximate surface area is 205 Å². The van der Waals surface area contributed by atoms with Crippen LogP contribution in [-0.2, 0) is 0 Å². The van der Waals surface area contributed by atoms with Crippen LogP contribution in [0.25, 0.3) is 0 Å². The van der Waals surface area contributed by atoms with Crippen LogP contribution in [0.3, 0.4) is 0 Å². The minimum Gasteiger partial charge on any atom is -0.103 e. The first-order chi connectivity index (χ1) is 15.9. The highest BCUT2D eigenvalue weighted by molar-refractivity contribution is 4.98. The molecule has 0 bridgehead atoms. The van der Waals surface area contributed by atoms with Gasteiger partial charge in [0.05, 0.1) is 0 Å². The lowest BCUT2D eigenvalue weighted by molar-refractivity contribution is 0.540. The van der Waals surface area contributed by atoms with E-state index >= 15 is 0 Å². The van der Waals surface area contributed by atoms with Gasteiger partial charge in [-0.15, -0.1) is 11.8 Å². The van der Waals surface area contributed by atoms with Crippen molar-refractivity contribution in [2.24, 2.45) is 0 Å². The fourth-order valence-corrected chi connectivity index (χ4v) is 4.64. The van der Waals surface area contributed by atoms with Crippen molar-refractivity contribution >= 4 is 0 Å². The molecular weight excluding hydrogens is 384 g/mol. The molecule has 0 rings (SSSR count). The van der Waals surface area contributed by atoms with Gasteiger partial charge in [0.2, 0.25) is 0 Å². The Hall–Kier alpha value is -0.440. The largest absolute Gasteiger partial charge is 0.103 e. The number of hydrogen-bond donors (Lipinski definition) is 0. The second-order valence-electron chi connectivity index (χ2n) is 10.3. The van der Waals surface area contributed by atoms with E-state index in [9.17, 15) is 0 Å². The third-order valence-electron chi connectivity index (χ3n) is 6.94. The first kappa shape index (κ1) is 31.6. The second kappa shape index (κ2) is 30.6. The smallest absolute Gasteiger partial charge is 0.00886 e. The molecule has 0 heteroatoms. The van der Waals surface area contributed by atoms with Crippen LogP contribution in [-0.4, -0.2) is 0 Å². The van der Waals surface area contributed by atoms with Crippen molar-refractivity contribution < 1.29 is 0 Å². The van der Waals surface area contributed by atoms with Crippen LogP contribution >= 0.6 is 0 Å². The Morgan fingerprint density at radius 2 is 0.438 bits per heavy atom. The van der Waals surface area contributed by atoms with Gasteiger partial charge in [0, 0.05) is 12.8 Å². The van der Waals surface area contributed by atoms with Gasteiger partial charge in [-0.3, -0.25) is 0 Å². The zero-order valence-electron chi connectivity index (χ0n) is 22.8. The van der Waals surface area contributed by atoms with Crippen LogP contribution in [0.4, 0.5) is 0 Å². The molecule has 0 N–H and O–H groups in total. The molecule has 0 nitrogen and oxygen atoms in total. The van der Waals surface area contributed by atoms with E-state index in [0.29, 0.717) is 0 Å². The topological polar surface area (TPSA) is 0 Å². The predicted molar refractivity (Wildman–Crippen MR) is 148 cm³/mol. The van der Waals surface area contributed by atoms with Crippen molar-refractivity contribution in [3.8, 4) is 11.8 Å². The monoisotopic (exact) mass is 446 g/mol. The summed E-state index contributed by atoms with van der Waals surface area (Å²) in [6, 6.07) is 0. The SMILES string of the molecule is CCCCCCCCCCCCCCCC#CCCCCCCCCCCCCCCC. The summed E-state index contributed by atoms with van der Waals surface area (Å²) < 4.78 is 0. The van der Waals surface area contributed by atoms with E-state index in [1.807, 2.05) is 0 Å². The summed E-state index contributed by atoms with van der Waals surface area (Å²) in [4.78, 5) is 0. The molecule has 0 spiro atoms. The lowest BCUT2D eigenvalue weighted by Crippen LogP contribution is -1.83. The van der Waals surface area contributed by atoms with Gasteiger partial charge in [0.15, 0.2) is 0 Å². The lowest BCUT2D eigenvalue weighted by Gasteiger charge is -2.02. The van der Waals surface area contributed by atoms with Crippen molar-refractivity contribution in [3.63, 3.8) is 0 Å². The van der Waals surface area contributed by atoms with Gasteiger partial charge in [-0.1, -0.05) is 168 Å². The molecule has 0 aromatic heterocycles. The van der Waals surface area contributed by atoms with Crippen LogP contribution < -0.4 is 0 Å². The molecule has 0 aliphatic heterocycles. The molecule has 0 heterocycles. The number of rotatable bonds is 26. The highest BCUT2D eigenvalue weighted by Crippen LogP contribution is 2.14. The van der Waals surface area contributed by atoms with Crippen molar-refractivity contribution in [2.45, 2.75) is 194 Å². The van der Waals surface area contributed by atoms with E-state index in [0.717, 1.165) is 12.8 Å². The molecule has 0 aromatic rings. The maximum absolute atomic E-state index is 3.42. The highest BCUT2D eigenvalue weighted by atomic mass is 14.0. The van der Waals surface area contributed by atoms with E-state index in [1.165, 1.54) is 167 Å². The highest BCUT2D eigenvalue weighted by Gasteiger charge is 1.95. The van der Waals surface area contributed by atoms with E-state index in [2.05, 4.69) is 25.7 Å². The molecule has 0 saturated carbocycles. The average molecular weight is 447 g/mol. The average Bonchev–Trinajstić information content (AvgIpc) is 2.81. The van der Waals surface area contributed by atoms with E-state index in [4.69, 9.17) is 0 Å².